The van der Waals surface area contributed by atoms with Crippen molar-refractivity contribution in [3.63, 3.8) is 0 Å². The molecule has 5 nitrogen and oxygen atoms in total. The fourth-order valence-corrected chi connectivity index (χ4v) is 3.04. The topological polar surface area (TPSA) is 56.8 Å². The van der Waals surface area contributed by atoms with Crippen molar-refractivity contribution in [1.82, 2.24) is 5.32 Å². The molecule has 0 aliphatic carbocycles. The molecule has 1 aliphatic rings. The van der Waals surface area contributed by atoms with Crippen LogP contribution in [0.2, 0.25) is 0 Å². The van der Waals surface area contributed by atoms with Gasteiger partial charge in [-0.2, -0.15) is 13.2 Å². The molecule has 0 radical (unpaired) electrons. The average Bonchev–Trinajstić information content (AvgIpc) is 3.15. The lowest BCUT2D eigenvalue weighted by molar-refractivity contribution is -0.274. The van der Waals surface area contributed by atoms with Crippen molar-refractivity contribution in [2.45, 2.75) is 24.6 Å². The van der Waals surface area contributed by atoms with Gasteiger partial charge in [0.2, 0.25) is 18.3 Å². The fraction of sp³-hybridized carbons (Fsp3) is 0.350. The Kier molecular flexibility index (Phi) is 5.97. The molecule has 156 valence electrons. The van der Waals surface area contributed by atoms with Crippen molar-refractivity contribution in [1.29, 1.82) is 0 Å². The van der Waals surface area contributed by atoms with Crippen molar-refractivity contribution in [3.8, 4) is 11.5 Å². The van der Waals surface area contributed by atoms with Crippen LogP contribution in [0.4, 0.5) is 17.6 Å². The average molecular weight is 413 g/mol. The summed E-state index contributed by atoms with van der Waals surface area (Å²) in [4.78, 5) is 12.1. The molecule has 0 aromatic heterocycles. The summed E-state index contributed by atoms with van der Waals surface area (Å²) in [6.07, 6.45) is -4.59. The smallest absolute Gasteiger partial charge is 0.423 e. The molecule has 1 unspecified atom stereocenters. The monoisotopic (exact) mass is 413 g/mol. The van der Waals surface area contributed by atoms with E-state index >= 15 is 0 Å². The highest BCUT2D eigenvalue weighted by Crippen LogP contribution is 2.44. The Morgan fingerprint density at radius 2 is 1.79 bits per heavy atom. The van der Waals surface area contributed by atoms with E-state index in [1.165, 1.54) is 42.5 Å². The van der Waals surface area contributed by atoms with Crippen molar-refractivity contribution in [3.05, 3.63) is 59.4 Å². The van der Waals surface area contributed by atoms with E-state index in [-0.39, 0.29) is 30.9 Å². The minimum absolute atomic E-state index is 0.0512. The van der Waals surface area contributed by atoms with Crippen LogP contribution in [-0.2, 0) is 21.6 Å². The molecule has 0 bridgehead atoms. The fourth-order valence-electron chi connectivity index (χ4n) is 3.04. The number of aryl methyl sites for hydroxylation is 1. The number of nitrogens with one attached hydrogen (secondary N) is 1. The first-order valence-corrected chi connectivity index (χ1v) is 8.78. The molecule has 1 heterocycles. The number of rotatable bonds is 7. The molecule has 1 N–H and O–H groups in total. The van der Waals surface area contributed by atoms with Gasteiger partial charge < -0.3 is 19.5 Å². The quantitative estimate of drug-likeness (QED) is 0.704. The summed E-state index contributed by atoms with van der Waals surface area (Å²) in [5.41, 5.74) is -2.26. The van der Waals surface area contributed by atoms with Gasteiger partial charge in [0.15, 0.2) is 11.5 Å². The molecule has 2 aromatic rings. The zero-order chi connectivity index (χ0) is 21.1. The molecular weight excluding hydrogens is 394 g/mol. The highest BCUT2D eigenvalue weighted by Gasteiger charge is 2.57. The third-order valence-corrected chi connectivity index (χ3v) is 4.73. The lowest BCUT2D eigenvalue weighted by Crippen LogP contribution is -2.52. The van der Waals surface area contributed by atoms with Gasteiger partial charge in [-0.3, -0.25) is 4.79 Å². The number of amides is 1. The molecule has 9 heteroatoms. The number of fused-ring (bicyclic) bond motifs is 1. The second kappa shape index (κ2) is 8.28. The van der Waals surface area contributed by atoms with E-state index in [0.717, 1.165) is 7.11 Å². The SMILES string of the molecule is COC(CNC(=O)CCc1ccc(F)cc1)(c1ccc2c(c1)OCO2)C(F)(F)F. The maximum absolute atomic E-state index is 14.0. The van der Waals surface area contributed by atoms with Crippen LogP contribution in [0.3, 0.4) is 0 Å². The standard InChI is InChI=1S/C20H19F4NO4/c1-27-19(20(22,23)24,14-5-8-16-17(10-14)29-12-28-16)11-25-18(26)9-4-13-2-6-15(21)7-3-13/h2-3,5-8,10H,4,9,11-12H2,1H3,(H,25,26). The van der Waals surface area contributed by atoms with Crippen LogP contribution in [0.5, 0.6) is 11.5 Å². The van der Waals surface area contributed by atoms with Gasteiger partial charge in [-0.15, -0.1) is 0 Å². The van der Waals surface area contributed by atoms with Gasteiger partial charge in [0.05, 0.1) is 6.54 Å². The largest absolute Gasteiger partial charge is 0.454 e. The van der Waals surface area contributed by atoms with E-state index in [4.69, 9.17) is 14.2 Å². The zero-order valence-electron chi connectivity index (χ0n) is 15.5. The lowest BCUT2D eigenvalue weighted by Gasteiger charge is -2.35. The van der Waals surface area contributed by atoms with E-state index in [1.807, 2.05) is 0 Å². The molecule has 0 saturated carbocycles. The molecule has 1 atom stereocenters. The minimum atomic E-state index is -4.81. The van der Waals surface area contributed by atoms with E-state index in [1.54, 1.807) is 0 Å². The first kappa shape index (κ1) is 20.9. The number of methoxy groups -OCH3 is 1. The third-order valence-electron chi connectivity index (χ3n) is 4.73. The first-order chi connectivity index (χ1) is 13.7. The summed E-state index contributed by atoms with van der Waals surface area (Å²) in [7, 11) is 0.933. The van der Waals surface area contributed by atoms with E-state index in [2.05, 4.69) is 5.32 Å². The molecule has 0 spiro atoms. The molecule has 0 fully saturated rings. The molecule has 1 amide bonds. The Labute approximate surface area is 164 Å². The van der Waals surface area contributed by atoms with Crippen molar-refractivity contribution >= 4 is 5.91 Å². The summed E-state index contributed by atoms with van der Waals surface area (Å²) in [6, 6.07) is 9.35. The first-order valence-electron chi connectivity index (χ1n) is 8.78. The van der Waals surface area contributed by atoms with Crippen molar-refractivity contribution in [2.24, 2.45) is 0 Å². The van der Waals surface area contributed by atoms with E-state index < -0.39 is 30.0 Å². The van der Waals surface area contributed by atoms with Crippen molar-refractivity contribution in [2.75, 3.05) is 20.4 Å². The number of carbonyl (C=O) groups excluding carboxylic acids is 1. The Balaban J connectivity index is 1.72. The molecular formula is C20H19F4NO4. The maximum Gasteiger partial charge on any atom is 0.423 e. The Hall–Kier alpha value is -2.81. The second-order valence-corrected chi connectivity index (χ2v) is 6.50. The van der Waals surface area contributed by atoms with Gasteiger partial charge in [0.25, 0.3) is 0 Å². The Morgan fingerprint density at radius 1 is 1.10 bits per heavy atom. The summed E-state index contributed by atoms with van der Waals surface area (Å²) >= 11 is 0. The van der Waals surface area contributed by atoms with Crippen LogP contribution in [-0.4, -0.2) is 32.5 Å². The van der Waals surface area contributed by atoms with Gasteiger partial charge in [0.1, 0.15) is 5.82 Å². The Morgan fingerprint density at radius 3 is 2.45 bits per heavy atom. The molecule has 0 saturated heterocycles. The van der Waals surface area contributed by atoms with Crippen LogP contribution in [0.25, 0.3) is 0 Å². The number of alkyl halides is 3. The number of hydrogen-bond donors (Lipinski definition) is 1. The number of ether oxygens (including phenoxy) is 3. The predicted octanol–water partition coefficient (Wildman–Crippen LogP) is 3.71. The number of carbonyl (C=O) groups is 1. The molecule has 29 heavy (non-hydrogen) atoms. The highest BCUT2D eigenvalue weighted by atomic mass is 19.4. The number of hydrogen-bond acceptors (Lipinski definition) is 4. The van der Waals surface area contributed by atoms with Crippen LogP contribution in [0, 0.1) is 5.82 Å². The van der Waals surface area contributed by atoms with Gasteiger partial charge in [0, 0.05) is 13.5 Å². The van der Waals surface area contributed by atoms with Gasteiger partial charge >= 0.3 is 6.18 Å². The van der Waals surface area contributed by atoms with Gasteiger partial charge in [-0.05, 0) is 41.8 Å². The summed E-state index contributed by atoms with van der Waals surface area (Å²) in [6.45, 7) is -0.889. The maximum atomic E-state index is 14.0. The summed E-state index contributed by atoms with van der Waals surface area (Å²) in [5.74, 6) is -0.474. The van der Waals surface area contributed by atoms with Crippen LogP contribution in [0.15, 0.2) is 42.5 Å². The van der Waals surface area contributed by atoms with Gasteiger partial charge in [-0.25, -0.2) is 4.39 Å². The molecule has 1 aliphatic heterocycles. The van der Waals surface area contributed by atoms with Crippen molar-refractivity contribution < 1.29 is 36.6 Å². The minimum Gasteiger partial charge on any atom is -0.454 e. The van der Waals surface area contributed by atoms with Crippen LogP contribution >= 0.6 is 0 Å². The third kappa shape index (κ3) is 4.45. The van der Waals surface area contributed by atoms with E-state index in [0.29, 0.717) is 11.3 Å². The Bertz CT molecular complexity index is 870. The summed E-state index contributed by atoms with van der Waals surface area (Å²) in [5, 5.41) is 2.30. The molecule has 2 aromatic carbocycles. The van der Waals surface area contributed by atoms with Crippen LogP contribution < -0.4 is 14.8 Å². The molecule has 3 rings (SSSR count). The normalized spacial score (nSPS) is 15.1. The number of halogens is 4. The van der Waals surface area contributed by atoms with Gasteiger partial charge in [-0.1, -0.05) is 18.2 Å². The lowest BCUT2D eigenvalue weighted by atomic mass is 9.92. The van der Waals surface area contributed by atoms with Crippen LogP contribution in [0.1, 0.15) is 17.5 Å². The highest BCUT2D eigenvalue weighted by molar-refractivity contribution is 5.76. The van der Waals surface area contributed by atoms with E-state index in [9.17, 15) is 22.4 Å². The second-order valence-electron chi connectivity index (χ2n) is 6.50. The summed E-state index contributed by atoms with van der Waals surface area (Å²) < 4.78 is 70.0. The zero-order valence-corrected chi connectivity index (χ0v) is 15.5. The predicted molar refractivity (Wildman–Crippen MR) is 95.0 cm³/mol. The number of benzene rings is 2.